The summed E-state index contributed by atoms with van der Waals surface area (Å²) in [7, 11) is 3.48. The number of aromatic nitrogens is 2. The van der Waals surface area contributed by atoms with Gasteiger partial charge in [-0.15, -0.1) is 21.5 Å². The predicted octanol–water partition coefficient (Wildman–Crippen LogP) is 2.18. The number of amides is 2. The molecule has 0 saturated carbocycles. The molecular weight excluding hydrogens is 410 g/mol. The number of benzene rings is 1. The van der Waals surface area contributed by atoms with Crippen LogP contribution in [0.5, 0.6) is 0 Å². The number of morpholine rings is 1. The number of nitrogens with two attached hydrogens (primary N) is 1. The van der Waals surface area contributed by atoms with Gasteiger partial charge in [-0.25, -0.2) is 0 Å². The van der Waals surface area contributed by atoms with Gasteiger partial charge in [-0.1, -0.05) is 29.5 Å². The van der Waals surface area contributed by atoms with Crippen molar-refractivity contribution in [3.05, 3.63) is 39.7 Å². The first kappa shape index (κ1) is 19.7. The second-order valence-corrected chi connectivity index (χ2v) is 9.10. The van der Waals surface area contributed by atoms with E-state index in [2.05, 4.69) is 10.2 Å². The Morgan fingerprint density at radius 1 is 1.28 bits per heavy atom. The fourth-order valence-corrected chi connectivity index (χ4v) is 5.25. The number of hydrogen-bond acceptors (Lipinski definition) is 8. The van der Waals surface area contributed by atoms with Gasteiger partial charge in [0.1, 0.15) is 11.1 Å². The third-order valence-corrected chi connectivity index (χ3v) is 6.69. The van der Waals surface area contributed by atoms with E-state index in [0.29, 0.717) is 34.7 Å². The average molecular weight is 432 g/mol. The van der Waals surface area contributed by atoms with Gasteiger partial charge in [-0.05, 0) is 11.5 Å². The van der Waals surface area contributed by atoms with E-state index in [1.165, 1.54) is 22.7 Å². The summed E-state index contributed by atoms with van der Waals surface area (Å²) in [6.07, 6.45) is -0.197. The zero-order valence-electron chi connectivity index (χ0n) is 16.1. The molecule has 0 aliphatic carbocycles. The predicted molar refractivity (Wildman–Crippen MR) is 113 cm³/mol. The van der Waals surface area contributed by atoms with Crippen molar-refractivity contribution in [2.75, 3.05) is 39.5 Å². The first-order valence-electron chi connectivity index (χ1n) is 9.14. The summed E-state index contributed by atoms with van der Waals surface area (Å²) in [5.74, 6) is -0.105. The van der Waals surface area contributed by atoms with Gasteiger partial charge in [0.15, 0.2) is 0 Å². The lowest BCUT2D eigenvalue weighted by Crippen LogP contribution is -2.43. The molecule has 1 atom stereocenters. The van der Waals surface area contributed by atoms with Gasteiger partial charge < -0.3 is 20.3 Å². The normalized spacial score (nSPS) is 16.9. The average Bonchev–Trinajstić information content (AvgIpc) is 3.30. The minimum Gasteiger partial charge on any atom is -0.374 e. The first-order valence-corrected chi connectivity index (χ1v) is 10.8. The van der Waals surface area contributed by atoms with E-state index >= 15 is 0 Å². The molecule has 2 aromatic heterocycles. The maximum Gasteiger partial charge on any atom is 0.263 e. The molecule has 10 heteroatoms. The lowest BCUT2D eigenvalue weighted by atomic mass is 10.0. The topological polar surface area (TPSA) is 102 Å². The Labute approximate surface area is 175 Å². The molecule has 4 rings (SSSR count). The van der Waals surface area contributed by atoms with Crippen LogP contribution < -0.4 is 5.73 Å². The molecule has 1 aliphatic rings. The second-order valence-electron chi connectivity index (χ2n) is 6.95. The molecule has 29 heavy (non-hydrogen) atoms. The summed E-state index contributed by atoms with van der Waals surface area (Å²) in [6, 6.07) is 7.91. The molecule has 2 N–H and O–H groups in total. The maximum atomic E-state index is 12.8. The van der Waals surface area contributed by atoms with E-state index in [4.69, 9.17) is 10.5 Å². The number of rotatable bonds is 4. The summed E-state index contributed by atoms with van der Waals surface area (Å²) < 4.78 is 7.06. The molecule has 3 aromatic rings. The number of ether oxygens (including phenoxy) is 1. The molecule has 2 amide bonds. The minimum atomic E-state index is -0.359. The standard InChI is InChI=1S/C19H21N5O3S2/c1-23(2)18(26)17-16(11-5-3-4-6-13(11)28-17)12-10-24(7-8-27-12)15(25)9-14-21-22-19(20)29-14/h3-6,12H,7-10H2,1-2H3,(H2,20,22)/t12-/m0/s1. The van der Waals surface area contributed by atoms with Gasteiger partial charge in [-0.3, -0.25) is 9.59 Å². The van der Waals surface area contributed by atoms with Crippen molar-refractivity contribution in [3.63, 3.8) is 0 Å². The summed E-state index contributed by atoms with van der Waals surface area (Å²) in [5, 5.41) is 9.64. The van der Waals surface area contributed by atoms with Crippen LogP contribution in [0.4, 0.5) is 5.13 Å². The molecule has 0 bridgehead atoms. The van der Waals surface area contributed by atoms with Crippen molar-refractivity contribution < 1.29 is 14.3 Å². The molecule has 3 heterocycles. The van der Waals surface area contributed by atoms with Crippen LogP contribution in [-0.4, -0.2) is 65.6 Å². The number of nitrogens with zero attached hydrogens (tertiary/aromatic N) is 4. The zero-order valence-corrected chi connectivity index (χ0v) is 17.8. The van der Waals surface area contributed by atoms with Crippen LogP contribution in [0.3, 0.4) is 0 Å². The van der Waals surface area contributed by atoms with Gasteiger partial charge in [0.05, 0.1) is 24.4 Å². The van der Waals surface area contributed by atoms with Crippen LogP contribution in [0.25, 0.3) is 10.1 Å². The Bertz CT molecular complexity index is 1060. The SMILES string of the molecule is CN(C)C(=O)c1sc2ccccc2c1[C@@H]1CN(C(=O)Cc2nnc(N)s2)CCO1. The second kappa shape index (κ2) is 8.05. The minimum absolute atomic E-state index is 0.0468. The fourth-order valence-electron chi connectivity index (χ4n) is 3.38. The van der Waals surface area contributed by atoms with E-state index in [0.717, 1.165) is 15.6 Å². The highest BCUT2D eigenvalue weighted by Crippen LogP contribution is 2.38. The Hall–Kier alpha value is -2.56. The summed E-state index contributed by atoms with van der Waals surface area (Å²) >= 11 is 2.68. The van der Waals surface area contributed by atoms with Gasteiger partial charge in [-0.2, -0.15) is 0 Å². The molecule has 0 radical (unpaired) electrons. The van der Waals surface area contributed by atoms with Crippen molar-refractivity contribution in [1.29, 1.82) is 0 Å². The number of carbonyl (C=O) groups is 2. The summed E-state index contributed by atoms with van der Waals surface area (Å²) in [5.41, 5.74) is 6.47. The highest BCUT2D eigenvalue weighted by Gasteiger charge is 2.32. The molecular formula is C19H21N5O3S2. The van der Waals surface area contributed by atoms with E-state index < -0.39 is 0 Å². The van der Waals surface area contributed by atoms with E-state index in [-0.39, 0.29) is 24.3 Å². The molecule has 0 unspecified atom stereocenters. The van der Waals surface area contributed by atoms with Crippen molar-refractivity contribution in [2.45, 2.75) is 12.5 Å². The Kier molecular flexibility index (Phi) is 5.48. The van der Waals surface area contributed by atoms with Crippen molar-refractivity contribution in [3.8, 4) is 0 Å². The zero-order chi connectivity index (χ0) is 20.5. The number of carbonyl (C=O) groups excluding carboxylic acids is 2. The molecule has 1 aliphatic heterocycles. The fraction of sp³-hybridized carbons (Fsp3) is 0.368. The quantitative estimate of drug-likeness (QED) is 0.679. The Balaban J connectivity index is 1.62. The van der Waals surface area contributed by atoms with Gasteiger partial charge in [0, 0.05) is 30.9 Å². The van der Waals surface area contributed by atoms with Crippen molar-refractivity contribution in [1.82, 2.24) is 20.0 Å². The maximum absolute atomic E-state index is 12.8. The Morgan fingerprint density at radius 2 is 2.07 bits per heavy atom. The van der Waals surface area contributed by atoms with Crippen LogP contribution >= 0.6 is 22.7 Å². The lowest BCUT2D eigenvalue weighted by Gasteiger charge is -2.33. The number of fused-ring (bicyclic) bond motifs is 1. The van der Waals surface area contributed by atoms with Crippen molar-refractivity contribution >= 4 is 49.7 Å². The number of nitrogen functional groups attached to an aromatic ring is 1. The van der Waals surface area contributed by atoms with Crippen LogP contribution in [0.1, 0.15) is 26.3 Å². The molecule has 1 saturated heterocycles. The molecule has 0 spiro atoms. The Morgan fingerprint density at radius 3 is 2.79 bits per heavy atom. The summed E-state index contributed by atoms with van der Waals surface area (Å²) in [4.78, 5) is 29.6. The van der Waals surface area contributed by atoms with Crippen molar-refractivity contribution in [2.24, 2.45) is 0 Å². The van der Waals surface area contributed by atoms with E-state index in [1.807, 2.05) is 24.3 Å². The largest absolute Gasteiger partial charge is 0.374 e. The van der Waals surface area contributed by atoms with Crippen LogP contribution in [-0.2, 0) is 16.0 Å². The number of anilines is 1. The van der Waals surface area contributed by atoms with Crippen LogP contribution in [0.2, 0.25) is 0 Å². The van der Waals surface area contributed by atoms with Gasteiger partial charge in [0.2, 0.25) is 11.0 Å². The highest BCUT2D eigenvalue weighted by molar-refractivity contribution is 7.21. The smallest absolute Gasteiger partial charge is 0.263 e. The van der Waals surface area contributed by atoms with Crippen LogP contribution in [0, 0.1) is 0 Å². The van der Waals surface area contributed by atoms with Gasteiger partial charge in [0.25, 0.3) is 5.91 Å². The number of hydrogen-bond donors (Lipinski definition) is 1. The molecule has 1 aromatic carbocycles. The molecule has 152 valence electrons. The van der Waals surface area contributed by atoms with Gasteiger partial charge >= 0.3 is 0 Å². The third-order valence-electron chi connectivity index (χ3n) is 4.76. The van der Waals surface area contributed by atoms with E-state index in [1.54, 1.807) is 23.9 Å². The van der Waals surface area contributed by atoms with E-state index in [9.17, 15) is 9.59 Å². The molecule has 8 nitrogen and oxygen atoms in total. The highest BCUT2D eigenvalue weighted by atomic mass is 32.1. The third kappa shape index (κ3) is 3.96. The molecule has 1 fully saturated rings. The lowest BCUT2D eigenvalue weighted by molar-refractivity contribution is -0.138. The van der Waals surface area contributed by atoms with Crippen LogP contribution in [0.15, 0.2) is 24.3 Å². The summed E-state index contributed by atoms with van der Waals surface area (Å²) in [6.45, 7) is 1.30. The first-order chi connectivity index (χ1) is 13.9. The monoisotopic (exact) mass is 431 g/mol. The number of thiophene rings is 1.